The molecule has 1 aromatic carbocycles. The molecule has 1 nitrogen and oxygen atoms in total. The van der Waals surface area contributed by atoms with Gasteiger partial charge in [0.1, 0.15) is 5.82 Å². The summed E-state index contributed by atoms with van der Waals surface area (Å²) >= 11 is 5.65. The monoisotopic (exact) mass is 235 g/mol. The van der Waals surface area contributed by atoms with Gasteiger partial charge in [0.2, 0.25) is 0 Å². The Morgan fingerprint density at radius 3 is 2.64 bits per heavy atom. The molecule has 0 aromatic heterocycles. The third-order valence-electron chi connectivity index (χ3n) is 2.47. The summed E-state index contributed by atoms with van der Waals surface area (Å²) in [5, 5.41) is 0.161. The molecule has 0 radical (unpaired) electrons. The summed E-state index contributed by atoms with van der Waals surface area (Å²) in [6, 6.07) is 4.81. The van der Waals surface area contributed by atoms with Gasteiger partial charge in [-0.15, -0.1) is 12.4 Å². The fourth-order valence-corrected chi connectivity index (χ4v) is 1.67. The Hall–Kier alpha value is -0.310. The number of nitrogens with two attached hydrogens (primary N) is 1. The molecule has 0 unspecified atom stereocenters. The van der Waals surface area contributed by atoms with Crippen LogP contribution in [0.15, 0.2) is 18.2 Å². The molecular weight excluding hydrogens is 224 g/mol. The fourth-order valence-electron chi connectivity index (χ4n) is 1.49. The second-order valence-corrected chi connectivity index (χ2v) is 3.91. The quantitative estimate of drug-likeness (QED) is 0.837. The fraction of sp³-hybridized carbons (Fsp3) is 0.400. The maximum Gasteiger partial charge on any atom is 0.146 e. The molecule has 0 bridgehead atoms. The highest BCUT2D eigenvalue weighted by Crippen LogP contribution is 2.40. The van der Waals surface area contributed by atoms with E-state index in [1.807, 2.05) is 0 Å². The van der Waals surface area contributed by atoms with Gasteiger partial charge in [0, 0.05) is 11.6 Å². The van der Waals surface area contributed by atoms with Crippen molar-refractivity contribution in [2.45, 2.75) is 18.9 Å². The van der Waals surface area contributed by atoms with Crippen molar-refractivity contribution in [3.05, 3.63) is 34.6 Å². The first-order valence-corrected chi connectivity index (χ1v) is 4.77. The number of rotatable bonds is 2. The molecule has 2 N–H and O–H groups in total. The third kappa shape index (κ3) is 2.19. The maximum absolute atomic E-state index is 13.4. The molecule has 14 heavy (non-hydrogen) atoms. The van der Waals surface area contributed by atoms with Crippen molar-refractivity contribution in [3.63, 3.8) is 0 Å². The SMILES string of the molecule is Cl.N[C@@H](c1cccc(Cl)c1F)C1CC1. The van der Waals surface area contributed by atoms with E-state index in [1.165, 1.54) is 0 Å². The van der Waals surface area contributed by atoms with Crippen LogP contribution in [0.25, 0.3) is 0 Å². The van der Waals surface area contributed by atoms with Gasteiger partial charge in [0.05, 0.1) is 5.02 Å². The van der Waals surface area contributed by atoms with E-state index in [2.05, 4.69) is 0 Å². The smallest absolute Gasteiger partial charge is 0.146 e. The summed E-state index contributed by atoms with van der Waals surface area (Å²) in [6.07, 6.45) is 2.21. The summed E-state index contributed by atoms with van der Waals surface area (Å²) in [5.74, 6) is 0.0940. The lowest BCUT2D eigenvalue weighted by Crippen LogP contribution is -2.14. The normalized spacial score (nSPS) is 17.4. The van der Waals surface area contributed by atoms with Gasteiger partial charge in [-0.1, -0.05) is 23.7 Å². The molecule has 0 amide bonds. The molecule has 0 heterocycles. The number of hydrogen-bond acceptors (Lipinski definition) is 1. The van der Waals surface area contributed by atoms with E-state index in [-0.39, 0.29) is 29.3 Å². The Balaban J connectivity index is 0.000000980. The average molecular weight is 236 g/mol. The van der Waals surface area contributed by atoms with E-state index in [0.717, 1.165) is 12.8 Å². The van der Waals surface area contributed by atoms with Crippen molar-refractivity contribution in [3.8, 4) is 0 Å². The minimum atomic E-state index is -0.358. The minimum Gasteiger partial charge on any atom is -0.324 e. The van der Waals surface area contributed by atoms with Crippen LogP contribution in [0.5, 0.6) is 0 Å². The van der Waals surface area contributed by atoms with Crippen LogP contribution < -0.4 is 5.73 Å². The Labute approximate surface area is 93.8 Å². The summed E-state index contributed by atoms with van der Waals surface area (Å²) in [5.41, 5.74) is 6.42. The van der Waals surface area contributed by atoms with Crippen LogP contribution in [-0.2, 0) is 0 Å². The van der Waals surface area contributed by atoms with Crippen molar-refractivity contribution in [1.29, 1.82) is 0 Å². The van der Waals surface area contributed by atoms with Crippen LogP contribution in [0, 0.1) is 11.7 Å². The zero-order chi connectivity index (χ0) is 9.42. The van der Waals surface area contributed by atoms with Crippen molar-refractivity contribution >= 4 is 24.0 Å². The maximum atomic E-state index is 13.4. The van der Waals surface area contributed by atoms with Gasteiger partial charge in [-0.2, -0.15) is 0 Å². The van der Waals surface area contributed by atoms with Crippen LogP contribution in [0.3, 0.4) is 0 Å². The highest BCUT2D eigenvalue weighted by atomic mass is 35.5. The molecule has 78 valence electrons. The summed E-state index contributed by atoms with van der Waals surface area (Å²) < 4.78 is 13.4. The molecule has 4 heteroatoms. The molecule has 1 fully saturated rings. The van der Waals surface area contributed by atoms with Gasteiger partial charge >= 0.3 is 0 Å². The third-order valence-corrected chi connectivity index (χ3v) is 2.76. The summed E-state index contributed by atoms with van der Waals surface area (Å²) in [7, 11) is 0. The molecule has 1 atom stereocenters. The van der Waals surface area contributed by atoms with Gasteiger partial charge in [-0.3, -0.25) is 0 Å². The first-order chi connectivity index (χ1) is 6.20. The van der Waals surface area contributed by atoms with Crippen molar-refractivity contribution in [2.75, 3.05) is 0 Å². The number of benzene rings is 1. The Morgan fingerprint density at radius 2 is 2.07 bits per heavy atom. The Bertz CT molecular complexity index is 326. The molecule has 1 aliphatic carbocycles. The molecule has 2 rings (SSSR count). The van der Waals surface area contributed by atoms with E-state index in [0.29, 0.717) is 11.5 Å². The molecule has 1 saturated carbocycles. The van der Waals surface area contributed by atoms with Crippen molar-refractivity contribution < 1.29 is 4.39 Å². The first-order valence-electron chi connectivity index (χ1n) is 4.39. The largest absolute Gasteiger partial charge is 0.324 e. The molecule has 0 aliphatic heterocycles. The van der Waals surface area contributed by atoms with Crippen LogP contribution in [0.1, 0.15) is 24.4 Å². The minimum absolute atomic E-state index is 0. The second kappa shape index (κ2) is 4.47. The van der Waals surface area contributed by atoms with E-state index in [1.54, 1.807) is 18.2 Å². The predicted molar refractivity (Wildman–Crippen MR) is 58.3 cm³/mol. The lowest BCUT2D eigenvalue weighted by Gasteiger charge is -2.11. The Morgan fingerprint density at radius 1 is 1.43 bits per heavy atom. The predicted octanol–water partition coefficient (Wildman–Crippen LogP) is 3.31. The van der Waals surface area contributed by atoms with E-state index < -0.39 is 0 Å². The second-order valence-electron chi connectivity index (χ2n) is 3.51. The molecule has 0 spiro atoms. The van der Waals surface area contributed by atoms with E-state index >= 15 is 0 Å². The van der Waals surface area contributed by atoms with Crippen LogP contribution in [0.4, 0.5) is 4.39 Å². The van der Waals surface area contributed by atoms with Crippen LogP contribution >= 0.6 is 24.0 Å². The summed E-state index contributed by atoms with van der Waals surface area (Å²) in [4.78, 5) is 0. The zero-order valence-corrected chi connectivity index (χ0v) is 9.11. The van der Waals surface area contributed by atoms with Crippen LogP contribution in [0.2, 0.25) is 5.02 Å². The van der Waals surface area contributed by atoms with Gasteiger partial charge < -0.3 is 5.73 Å². The van der Waals surface area contributed by atoms with Crippen molar-refractivity contribution in [2.24, 2.45) is 11.7 Å². The molecule has 1 aromatic rings. The summed E-state index contributed by atoms with van der Waals surface area (Å²) in [6.45, 7) is 0. The van der Waals surface area contributed by atoms with Crippen LogP contribution in [-0.4, -0.2) is 0 Å². The highest BCUT2D eigenvalue weighted by Gasteiger charge is 2.31. The standard InChI is InChI=1S/C10H11ClFN.ClH/c11-8-3-1-2-7(9(8)12)10(13)6-4-5-6;/h1-3,6,10H,4-5,13H2;1H/t10-;/m1./s1. The Kier molecular flexibility index (Phi) is 3.76. The molecule has 0 saturated heterocycles. The average Bonchev–Trinajstić information content (AvgIpc) is 2.91. The lowest BCUT2D eigenvalue weighted by atomic mass is 10.0. The van der Waals surface area contributed by atoms with E-state index in [9.17, 15) is 4.39 Å². The van der Waals surface area contributed by atoms with Gasteiger partial charge in [-0.05, 0) is 24.8 Å². The lowest BCUT2D eigenvalue weighted by molar-refractivity contribution is 0.554. The van der Waals surface area contributed by atoms with E-state index in [4.69, 9.17) is 17.3 Å². The van der Waals surface area contributed by atoms with Crippen molar-refractivity contribution in [1.82, 2.24) is 0 Å². The van der Waals surface area contributed by atoms with Gasteiger partial charge in [0.15, 0.2) is 0 Å². The zero-order valence-electron chi connectivity index (χ0n) is 7.54. The highest BCUT2D eigenvalue weighted by molar-refractivity contribution is 6.30. The molecule has 1 aliphatic rings. The molecular formula is C10H12Cl2FN. The number of hydrogen-bond donors (Lipinski definition) is 1. The topological polar surface area (TPSA) is 26.0 Å². The first kappa shape index (κ1) is 11.8. The number of halogens is 3. The van der Waals surface area contributed by atoms with Gasteiger partial charge in [0.25, 0.3) is 0 Å². The van der Waals surface area contributed by atoms with Gasteiger partial charge in [-0.25, -0.2) is 4.39 Å².